The van der Waals surface area contributed by atoms with E-state index in [1.54, 1.807) is 0 Å². The minimum Gasteiger partial charge on any atom is -1.00 e. The third-order valence-electron chi connectivity index (χ3n) is 0. The molecule has 0 aliphatic rings. The van der Waals surface area contributed by atoms with Gasteiger partial charge in [-0.05, 0) is 0 Å². The van der Waals surface area contributed by atoms with Crippen LogP contribution in [0.1, 0.15) is 2.85 Å². The molecule has 6 nitrogen and oxygen atoms in total. The van der Waals surface area contributed by atoms with Gasteiger partial charge in [0.05, 0.1) is 0 Å². The molecule has 0 amide bonds. The molecule has 8 heteroatoms. The van der Waals surface area contributed by atoms with Gasteiger partial charge in [-0.2, -0.15) is 9.90 Å². The molecule has 0 fully saturated rings. The third-order valence-corrected chi connectivity index (χ3v) is 0. The number of hydrogen-bond acceptors (Lipinski definition) is 0. The molecule has 0 aromatic heterocycles. The average Bonchev–Trinajstić information content (AvgIpc) is 0. The van der Waals surface area contributed by atoms with Crippen molar-refractivity contribution in [3.8, 4) is 0 Å². The van der Waals surface area contributed by atoms with E-state index in [0.29, 0.717) is 0 Å². The SMILES string of the molecule is O.O.O.O.O.O.P.[H+].[H-].[Na+]. The molecular formula is H17NaO6P+. The Bertz CT molecular complexity index is 15.7. The van der Waals surface area contributed by atoms with Crippen molar-refractivity contribution in [2.75, 3.05) is 0 Å². The van der Waals surface area contributed by atoms with Crippen LogP contribution in [0, 0.1) is 0 Å². The Hall–Kier alpha value is 1.19. The van der Waals surface area contributed by atoms with Crippen molar-refractivity contribution in [3.63, 3.8) is 0 Å². The van der Waals surface area contributed by atoms with Crippen LogP contribution < -0.4 is 29.6 Å². The zero-order valence-corrected chi connectivity index (χ0v) is 8.12. The molecule has 0 aliphatic carbocycles. The fourth-order valence-corrected chi connectivity index (χ4v) is 0. The van der Waals surface area contributed by atoms with Crippen LogP contribution in [0.4, 0.5) is 0 Å². The van der Waals surface area contributed by atoms with E-state index in [4.69, 9.17) is 0 Å². The molecule has 8 heavy (non-hydrogen) atoms. The second-order valence-electron chi connectivity index (χ2n) is 0. The van der Waals surface area contributed by atoms with Crippen molar-refractivity contribution in [1.29, 1.82) is 0 Å². The van der Waals surface area contributed by atoms with E-state index in [2.05, 4.69) is 0 Å². The largest absolute Gasteiger partial charge is 1.00 e. The molecular weight excluding hydrogens is 150 g/mol. The summed E-state index contributed by atoms with van der Waals surface area (Å²) < 4.78 is 0. The van der Waals surface area contributed by atoms with Crippen molar-refractivity contribution in [1.82, 2.24) is 0 Å². The molecule has 0 radical (unpaired) electrons. The summed E-state index contributed by atoms with van der Waals surface area (Å²) in [6.45, 7) is 0. The molecule has 0 heterocycles. The predicted molar refractivity (Wildman–Crippen MR) is 35.0 cm³/mol. The van der Waals surface area contributed by atoms with Crippen LogP contribution in [0.25, 0.3) is 0 Å². The Morgan fingerprint density at radius 3 is 0.625 bits per heavy atom. The Kier molecular flexibility index (Phi) is 16300. The summed E-state index contributed by atoms with van der Waals surface area (Å²) in [5, 5.41) is 0. The second-order valence-corrected chi connectivity index (χ2v) is 0. The molecule has 0 spiro atoms. The summed E-state index contributed by atoms with van der Waals surface area (Å²) in [6, 6.07) is 0. The summed E-state index contributed by atoms with van der Waals surface area (Å²) in [4.78, 5) is 0. The van der Waals surface area contributed by atoms with Crippen molar-refractivity contribution in [2.45, 2.75) is 0 Å². The standard InChI is InChI=1S/Na.6H2O.H3P.H/h;6*1H2;1H3;/q+1;;;;;;;;-1/p+1. The van der Waals surface area contributed by atoms with Crippen molar-refractivity contribution in [3.05, 3.63) is 0 Å². The van der Waals surface area contributed by atoms with Crippen molar-refractivity contribution < 1.29 is 65.3 Å². The van der Waals surface area contributed by atoms with Crippen LogP contribution in [0.2, 0.25) is 0 Å². The van der Waals surface area contributed by atoms with Crippen LogP contribution in [-0.2, 0) is 0 Å². The first-order chi connectivity index (χ1) is 0. The first-order valence-electron chi connectivity index (χ1n) is 0. The normalized spacial score (nSPS) is 0. The smallest absolute Gasteiger partial charge is 1.00 e. The Labute approximate surface area is 75.4 Å². The predicted octanol–water partition coefficient (Wildman–Crippen LogP) is -7.66. The maximum absolute atomic E-state index is 0. The minimum absolute atomic E-state index is 0. The van der Waals surface area contributed by atoms with E-state index in [1.165, 1.54) is 0 Å². The van der Waals surface area contributed by atoms with E-state index in [-0.39, 0.29) is 75.2 Å². The molecule has 58 valence electrons. The molecule has 0 rings (SSSR count). The molecule has 1 atom stereocenters. The molecule has 0 saturated heterocycles. The van der Waals surface area contributed by atoms with Crippen LogP contribution in [0.5, 0.6) is 0 Å². The van der Waals surface area contributed by atoms with Gasteiger partial charge in [0.25, 0.3) is 0 Å². The molecule has 12 N–H and O–H groups in total. The monoisotopic (exact) mass is 167 g/mol. The summed E-state index contributed by atoms with van der Waals surface area (Å²) in [5.74, 6) is 0. The topological polar surface area (TPSA) is 189 Å². The molecule has 0 aromatic carbocycles. The molecule has 1 unspecified atom stereocenters. The van der Waals surface area contributed by atoms with Crippen molar-refractivity contribution in [2.24, 2.45) is 0 Å². The van der Waals surface area contributed by atoms with Gasteiger partial charge in [-0.15, -0.1) is 0 Å². The summed E-state index contributed by atoms with van der Waals surface area (Å²) in [7, 11) is 0. The second kappa shape index (κ2) is 299. The summed E-state index contributed by atoms with van der Waals surface area (Å²) >= 11 is 0. The van der Waals surface area contributed by atoms with Crippen LogP contribution in [0.3, 0.4) is 0 Å². The van der Waals surface area contributed by atoms with Gasteiger partial charge in [0.2, 0.25) is 0 Å². The maximum atomic E-state index is 0. The maximum Gasteiger partial charge on any atom is 1.00 e. The van der Waals surface area contributed by atoms with E-state index >= 15 is 0 Å². The van der Waals surface area contributed by atoms with Gasteiger partial charge in [0.1, 0.15) is 0 Å². The van der Waals surface area contributed by atoms with Crippen LogP contribution in [0.15, 0.2) is 0 Å². The minimum atomic E-state index is 0. The Morgan fingerprint density at radius 1 is 0.625 bits per heavy atom. The average molecular weight is 167 g/mol. The Morgan fingerprint density at radius 2 is 0.625 bits per heavy atom. The van der Waals surface area contributed by atoms with Crippen LogP contribution in [-0.4, -0.2) is 32.9 Å². The molecule has 0 aliphatic heterocycles. The van der Waals surface area contributed by atoms with Crippen molar-refractivity contribution >= 4 is 9.90 Å². The van der Waals surface area contributed by atoms with E-state index in [1.807, 2.05) is 0 Å². The summed E-state index contributed by atoms with van der Waals surface area (Å²) in [5.41, 5.74) is 0. The van der Waals surface area contributed by atoms with Gasteiger partial charge in [-0.25, -0.2) is 0 Å². The van der Waals surface area contributed by atoms with Gasteiger partial charge in [-0.1, -0.05) is 0 Å². The van der Waals surface area contributed by atoms with E-state index < -0.39 is 0 Å². The van der Waals surface area contributed by atoms with Gasteiger partial charge < -0.3 is 34.3 Å². The number of rotatable bonds is 0. The van der Waals surface area contributed by atoms with Gasteiger partial charge in [0.15, 0.2) is 0 Å². The zero-order valence-electron chi connectivity index (χ0n) is 6.71. The first-order valence-corrected chi connectivity index (χ1v) is 0. The van der Waals surface area contributed by atoms with Gasteiger partial charge >= 0.3 is 31.0 Å². The quantitative estimate of drug-likeness (QED) is 0.245. The third kappa shape index (κ3) is 195. The van der Waals surface area contributed by atoms with E-state index in [9.17, 15) is 0 Å². The fourth-order valence-electron chi connectivity index (χ4n) is 0. The zero-order chi connectivity index (χ0) is 0. The van der Waals surface area contributed by atoms with Crippen LogP contribution >= 0.6 is 9.90 Å². The molecule has 0 bridgehead atoms. The first kappa shape index (κ1) is 435. The fraction of sp³-hybridized carbons (Fsp3) is 0. The number of hydrogen-bond donors (Lipinski definition) is 0. The molecule has 0 aromatic rings. The van der Waals surface area contributed by atoms with Gasteiger partial charge in [-0.3, -0.25) is 0 Å². The van der Waals surface area contributed by atoms with Gasteiger partial charge in [0, 0.05) is 0 Å². The summed E-state index contributed by atoms with van der Waals surface area (Å²) in [6.07, 6.45) is 0. The van der Waals surface area contributed by atoms with E-state index in [0.717, 1.165) is 0 Å². The Balaban J connectivity index is 0. The molecule has 0 saturated carbocycles.